The number of carboxylic acids is 1. The van der Waals surface area contributed by atoms with Crippen molar-refractivity contribution in [2.75, 3.05) is 4.90 Å². The molecule has 1 aromatic heterocycles. The lowest BCUT2D eigenvalue weighted by Gasteiger charge is -2.23. The van der Waals surface area contributed by atoms with Crippen LogP contribution in [0.15, 0.2) is 36.4 Å². The average Bonchev–Trinajstić information content (AvgIpc) is 3.14. The summed E-state index contributed by atoms with van der Waals surface area (Å²) in [6.07, 6.45) is -0.503. The summed E-state index contributed by atoms with van der Waals surface area (Å²) in [5.74, 6) is -1.98. The predicted molar refractivity (Wildman–Crippen MR) is 116 cm³/mol. The van der Waals surface area contributed by atoms with Crippen molar-refractivity contribution in [3.63, 3.8) is 0 Å². The van der Waals surface area contributed by atoms with Gasteiger partial charge >= 0.3 is 5.97 Å². The van der Waals surface area contributed by atoms with Crippen LogP contribution in [0.25, 0.3) is 0 Å². The number of H-pyrrole nitrogens is 1. The van der Waals surface area contributed by atoms with Gasteiger partial charge in [0.2, 0.25) is 17.5 Å². The van der Waals surface area contributed by atoms with E-state index in [1.54, 1.807) is 25.1 Å². The van der Waals surface area contributed by atoms with Crippen molar-refractivity contribution in [2.24, 2.45) is 0 Å². The van der Waals surface area contributed by atoms with Gasteiger partial charge in [-0.1, -0.05) is 40.9 Å². The predicted octanol–water partition coefficient (Wildman–Crippen LogP) is 4.58. The molecule has 11 heteroatoms. The van der Waals surface area contributed by atoms with Gasteiger partial charge < -0.3 is 10.0 Å². The Balaban J connectivity index is 1.93. The van der Waals surface area contributed by atoms with Gasteiger partial charge in [0.15, 0.2) is 0 Å². The van der Waals surface area contributed by atoms with E-state index in [1.807, 2.05) is 0 Å². The summed E-state index contributed by atoms with van der Waals surface area (Å²) in [5.41, 5.74) is 0.840. The highest BCUT2D eigenvalue weighted by Gasteiger charge is 2.24. The lowest BCUT2D eigenvalue weighted by atomic mass is 10.1. The van der Waals surface area contributed by atoms with Crippen molar-refractivity contribution >= 4 is 58.1 Å². The zero-order valence-corrected chi connectivity index (χ0v) is 18.3. The van der Waals surface area contributed by atoms with Crippen molar-refractivity contribution in [1.29, 1.82) is 0 Å². The Hall–Kier alpha value is -2.94. The van der Waals surface area contributed by atoms with Crippen LogP contribution in [-0.2, 0) is 11.3 Å². The first kappa shape index (κ1) is 22.7. The molecule has 160 valence electrons. The second-order valence-electron chi connectivity index (χ2n) is 6.54. The van der Waals surface area contributed by atoms with Crippen molar-refractivity contribution < 1.29 is 19.5 Å². The number of benzene rings is 2. The number of aromatic amines is 1. The monoisotopic (exact) mass is 480 g/mol. The largest absolute Gasteiger partial charge is 0.478 e. The van der Waals surface area contributed by atoms with E-state index in [1.165, 1.54) is 23.1 Å². The molecular weight excluding hydrogens is 467 g/mol. The number of aryl methyl sites for hydroxylation is 1. The number of ketones is 1. The van der Waals surface area contributed by atoms with Gasteiger partial charge in [0, 0.05) is 5.69 Å². The Morgan fingerprint density at radius 3 is 2.35 bits per heavy atom. The van der Waals surface area contributed by atoms with Gasteiger partial charge in [-0.25, -0.2) is 9.78 Å². The molecule has 0 saturated carbocycles. The number of carbonyl (C=O) groups excluding carboxylic acids is 2. The molecule has 0 unspecified atom stereocenters. The van der Waals surface area contributed by atoms with E-state index >= 15 is 0 Å². The number of carbonyl (C=O) groups is 3. The van der Waals surface area contributed by atoms with E-state index in [4.69, 9.17) is 34.8 Å². The van der Waals surface area contributed by atoms with Gasteiger partial charge in [-0.2, -0.15) is 5.10 Å². The number of carboxylic acid groups (broad SMARTS) is 1. The van der Waals surface area contributed by atoms with E-state index in [2.05, 4.69) is 15.2 Å². The Labute approximate surface area is 191 Å². The molecule has 0 radical (unpaired) electrons. The average molecular weight is 482 g/mol. The van der Waals surface area contributed by atoms with E-state index in [9.17, 15) is 19.5 Å². The van der Waals surface area contributed by atoms with Crippen LogP contribution >= 0.6 is 34.8 Å². The van der Waals surface area contributed by atoms with E-state index in [0.717, 1.165) is 0 Å². The number of anilines is 1. The molecule has 0 saturated heterocycles. The van der Waals surface area contributed by atoms with Crippen LogP contribution in [-0.4, -0.2) is 37.9 Å². The topological polar surface area (TPSA) is 116 Å². The first-order valence-electron chi connectivity index (χ1n) is 8.85. The van der Waals surface area contributed by atoms with Gasteiger partial charge in [0.1, 0.15) is 5.82 Å². The number of Topliss-reactive ketones (excluding diaryl/α,β-unsaturated/α-hetero) is 1. The normalized spacial score (nSPS) is 10.7. The number of amides is 1. The van der Waals surface area contributed by atoms with Crippen molar-refractivity contribution in [2.45, 2.75) is 19.9 Å². The Morgan fingerprint density at radius 1 is 1.03 bits per heavy atom. The van der Waals surface area contributed by atoms with E-state index in [-0.39, 0.29) is 23.0 Å². The van der Waals surface area contributed by atoms with Gasteiger partial charge in [-0.15, -0.1) is 0 Å². The third kappa shape index (κ3) is 5.41. The van der Waals surface area contributed by atoms with Crippen LogP contribution in [0.3, 0.4) is 0 Å². The fraction of sp³-hybridized carbons (Fsp3) is 0.150. The highest BCUT2D eigenvalue weighted by atomic mass is 35.5. The molecule has 1 heterocycles. The maximum atomic E-state index is 13.0. The summed E-state index contributed by atoms with van der Waals surface area (Å²) < 4.78 is 0. The zero-order valence-electron chi connectivity index (χ0n) is 16.0. The fourth-order valence-corrected chi connectivity index (χ4v) is 3.34. The summed E-state index contributed by atoms with van der Waals surface area (Å²) >= 11 is 18.1. The third-order valence-corrected chi connectivity index (χ3v) is 5.33. The number of hydrogen-bond donors (Lipinski definition) is 2. The fourth-order valence-electron chi connectivity index (χ4n) is 2.77. The smallest absolute Gasteiger partial charge is 0.337 e. The van der Waals surface area contributed by atoms with Gasteiger partial charge in [0.25, 0.3) is 0 Å². The number of nitrogens with one attached hydrogen (secondary N) is 1. The van der Waals surface area contributed by atoms with Gasteiger partial charge in [-0.3, -0.25) is 14.7 Å². The van der Waals surface area contributed by atoms with Crippen LogP contribution in [0.2, 0.25) is 15.1 Å². The van der Waals surface area contributed by atoms with Gasteiger partial charge in [0.05, 0.1) is 33.6 Å². The number of hydrogen-bond acceptors (Lipinski definition) is 5. The summed E-state index contributed by atoms with van der Waals surface area (Å²) in [4.78, 5) is 42.0. The van der Waals surface area contributed by atoms with Crippen molar-refractivity contribution in [3.8, 4) is 0 Å². The van der Waals surface area contributed by atoms with Gasteiger partial charge in [-0.05, 0) is 42.8 Å². The molecule has 8 nitrogen and oxygen atoms in total. The van der Waals surface area contributed by atoms with Crippen LogP contribution in [0, 0.1) is 6.92 Å². The minimum absolute atomic E-state index is 0.0404. The molecule has 2 aromatic carbocycles. The first-order chi connectivity index (χ1) is 14.7. The zero-order chi connectivity index (χ0) is 22.7. The molecule has 2 N–H and O–H groups in total. The second-order valence-corrected chi connectivity index (χ2v) is 7.76. The number of aromatic nitrogens is 3. The highest BCUT2D eigenvalue weighted by Crippen LogP contribution is 2.28. The summed E-state index contributed by atoms with van der Waals surface area (Å²) in [7, 11) is 0. The molecule has 1 amide bonds. The quantitative estimate of drug-likeness (QED) is 0.377. The lowest BCUT2D eigenvalue weighted by Crippen LogP contribution is -2.32. The van der Waals surface area contributed by atoms with Crippen LogP contribution in [0.5, 0.6) is 0 Å². The molecule has 3 aromatic rings. The van der Waals surface area contributed by atoms with Crippen LogP contribution < -0.4 is 4.90 Å². The summed E-state index contributed by atoms with van der Waals surface area (Å²) in [6, 6.07) is 8.94. The molecule has 0 bridgehead atoms. The molecule has 0 aliphatic rings. The Morgan fingerprint density at radius 2 is 1.77 bits per heavy atom. The summed E-state index contributed by atoms with van der Waals surface area (Å²) in [6.45, 7) is 1.67. The van der Waals surface area contributed by atoms with Crippen molar-refractivity contribution in [3.05, 3.63) is 74.2 Å². The number of halogens is 3. The minimum Gasteiger partial charge on any atom is -0.478 e. The molecule has 0 spiro atoms. The summed E-state index contributed by atoms with van der Waals surface area (Å²) in [5, 5.41) is 16.1. The minimum atomic E-state index is -1.20. The van der Waals surface area contributed by atoms with E-state index < -0.39 is 24.1 Å². The standard InChI is InChI=1S/C20H15Cl3N4O4/c1-10-24-19(26-25-10)17(28)8-18(29)27(9-11-2-5-14(21)16(23)6-11)12-3-4-13(20(30)31)15(22)7-12/h2-7H,8-9H2,1H3,(H,30,31)(H,24,25,26). The second kappa shape index (κ2) is 9.47. The molecule has 31 heavy (non-hydrogen) atoms. The lowest BCUT2D eigenvalue weighted by molar-refractivity contribution is -0.117. The number of nitrogens with zero attached hydrogens (tertiary/aromatic N) is 3. The molecule has 0 atom stereocenters. The first-order valence-corrected chi connectivity index (χ1v) is 9.98. The maximum Gasteiger partial charge on any atom is 0.337 e. The van der Waals surface area contributed by atoms with Crippen LogP contribution in [0.4, 0.5) is 5.69 Å². The molecule has 0 fully saturated rings. The van der Waals surface area contributed by atoms with Crippen LogP contribution in [0.1, 0.15) is 38.8 Å². The third-order valence-electron chi connectivity index (χ3n) is 4.28. The number of aromatic carboxylic acids is 1. The number of rotatable bonds is 7. The van der Waals surface area contributed by atoms with Crippen molar-refractivity contribution in [1.82, 2.24) is 15.2 Å². The Bertz CT molecular complexity index is 1180. The maximum absolute atomic E-state index is 13.0. The molecule has 0 aliphatic carbocycles. The molecule has 0 aliphatic heterocycles. The highest BCUT2D eigenvalue weighted by molar-refractivity contribution is 6.42. The SMILES string of the molecule is Cc1nc(C(=O)CC(=O)N(Cc2ccc(Cl)c(Cl)c2)c2ccc(C(=O)O)c(Cl)c2)n[nH]1. The molecule has 3 rings (SSSR count). The molecular formula is C20H15Cl3N4O4. The van der Waals surface area contributed by atoms with E-state index in [0.29, 0.717) is 27.1 Å². The Kier molecular flexibility index (Phi) is 6.94.